The van der Waals surface area contributed by atoms with Gasteiger partial charge in [0.2, 0.25) is 11.8 Å². The first-order valence-corrected chi connectivity index (χ1v) is 11.6. The van der Waals surface area contributed by atoms with E-state index in [4.69, 9.17) is 14.2 Å². The highest BCUT2D eigenvalue weighted by Gasteiger charge is 2.70. The lowest BCUT2D eigenvalue weighted by Crippen LogP contribution is -2.53. The molecule has 0 unspecified atom stereocenters. The molecule has 3 aromatic rings. The van der Waals surface area contributed by atoms with Gasteiger partial charge in [-0.25, -0.2) is 14.1 Å². The second kappa shape index (κ2) is 9.33. The normalized spacial score (nSPS) is 24.6. The van der Waals surface area contributed by atoms with Crippen molar-refractivity contribution in [3.8, 4) is 11.5 Å². The number of benzene rings is 3. The molecule has 2 aliphatic rings. The van der Waals surface area contributed by atoms with Crippen molar-refractivity contribution >= 4 is 23.5 Å². The Kier molecular flexibility index (Phi) is 6.16. The highest BCUT2D eigenvalue weighted by Crippen LogP contribution is 2.55. The van der Waals surface area contributed by atoms with Crippen LogP contribution in [0.2, 0.25) is 0 Å². The van der Waals surface area contributed by atoms with E-state index in [0.29, 0.717) is 22.6 Å². The summed E-state index contributed by atoms with van der Waals surface area (Å²) < 4.78 is 29.8. The number of anilines is 1. The fourth-order valence-corrected chi connectivity index (χ4v) is 5.53. The first-order chi connectivity index (χ1) is 17.9. The van der Waals surface area contributed by atoms with E-state index in [1.807, 2.05) is 0 Å². The maximum absolute atomic E-state index is 14.0. The number of carbonyl (C=O) groups is 3. The molecule has 0 radical (unpaired) electrons. The first-order valence-electron chi connectivity index (χ1n) is 11.6. The smallest absolute Gasteiger partial charge is 0.331 e. The summed E-state index contributed by atoms with van der Waals surface area (Å²) in [5, 5.41) is 3.32. The Bertz CT molecular complexity index is 1360. The van der Waals surface area contributed by atoms with Crippen LogP contribution in [0.4, 0.5) is 10.1 Å². The molecular weight excluding hydrogens is 479 g/mol. The summed E-state index contributed by atoms with van der Waals surface area (Å²) in [6, 6.07) is 18.1. The fourth-order valence-electron chi connectivity index (χ4n) is 5.53. The highest BCUT2D eigenvalue weighted by atomic mass is 19.1. The molecule has 2 fully saturated rings. The molecule has 190 valence electrons. The van der Waals surface area contributed by atoms with Crippen molar-refractivity contribution in [2.24, 2.45) is 11.8 Å². The van der Waals surface area contributed by atoms with Crippen LogP contribution in [-0.2, 0) is 24.7 Å². The molecule has 37 heavy (non-hydrogen) atoms. The summed E-state index contributed by atoms with van der Waals surface area (Å²) >= 11 is 0. The summed E-state index contributed by atoms with van der Waals surface area (Å²) in [4.78, 5) is 42.6. The molecule has 5 rings (SSSR count). The number of hydrogen-bond donors (Lipinski definition) is 1. The van der Waals surface area contributed by atoms with Crippen LogP contribution in [-0.4, -0.2) is 39.1 Å². The van der Waals surface area contributed by atoms with Crippen molar-refractivity contribution in [1.29, 1.82) is 0 Å². The molecule has 0 bridgehead atoms. The number of ether oxygens (including phenoxy) is 3. The maximum Gasteiger partial charge on any atom is 0.331 e. The third-order valence-corrected chi connectivity index (χ3v) is 7.16. The largest absolute Gasteiger partial charge is 0.497 e. The molecule has 0 aromatic heterocycles. The Morgan fingerprint density at radius 1 is 0.919 bits per heavy atom. The van der Waals surface area contributed by atoms with Crippen LogP contribution in [0.3, 0.4) is 0 Å². The second-order valence-electron chi connectivity index (χ2n) is 8.89. The topological polar surface area (TPSA) is 94.2 Å². The van der Waals surface area contributed by atoms with Gasteiger partial charge in [-0.05, 0) is 35.9 Å². The van der Waals surface area contributed by atoms with E-state index in [1.54, 1.807) is 48.5 Å². The Hall–Kier alpha value is -4.24. The molecule has 2 heterocycles. The summed E-state index contributed by atoms with van der Waals surface area (Å²) in [6.45, 7) is 0. The van der Waals surface area contributed by atoms with Gasteiger partial charge in [0, 0.05) is 17.7 Å². The lowest BCUT2D eigenvalue weighted by molar-refractivity contribution is -0.152. The molecule has 1 N–H and O–H groups in total. The van der Waals surface area contributed by atoms with Gasteiger partial charge in [0.25, 0.3) is 0 Å². The number of carbonyl (C=O) groups excluding carboxylic acids is 3. The molecule has 4 atom stereocenters. The van der Waals surface area contributed by atoms with Crippen molar-refractivity contribution in [1.82, 2.24) is 5.32 Å². The zero-order chi connectivity index (χ0) is 26.3. The van der Waals surface area contributed by atoms with E-state index in [1.165, 1.54) is 45.6 Å². The molecule has 2 saturated heterocycles. The number of amides is 2. The third-order valence-electron chi connectivity index (χ3n) is 7.16. The number of esters is 1. The zero-order valence-corrected chi connectivity index (χ0v) is 20.4. The minimum absolute atomic E-state index is 0.220. The van der Waals surface area contributed by atoms with Crippen LogP contribution in [0, 0.1) is 17.7 Å². The van der Waals surface area contributed by atoms with Crippen LogP contribution < -0.4 is 19.7 Å². The molecule has 2 amide bonds. The van der Waals surface area contributed by atoms with Gasteiger partial charge < -0.3 is 14.2 Å². The molecule has 0 aliphatic carbocycles. The average molecular weight is 505 g/mol. The molecule has 0 saturated carbocycles. The third kappa shape index (κ3) is 3.65. The van der Waals surface area contributed by atoms with Crippen molar-refractivity contribution < 1.29 is 33.0 Å². The van der Waals surface area contributed by atoms with Crippen LogP contribution >= 0.6 is 0 Å². The zero-order valence-electron chi connectivity index (χ0n) is 20.4. The van der Waals surface area contributed by atoms with E-state index in [9.17, 15) is 18.8 Å². The number of imide groups is 1. The van der Waals surface area contributed by atoms with Crippen LogP contribution in [0.15, 0.2) is 72.8 Å². The van der Waals surface area contributed by atoms with Gasteiger partial charge in [-0.3, -0.25) is 14.9 Å². The Labute approximate surface area is 212 Å². The second-order valence-corrected chi connectivity index (χ2v) is 8.89. The van der Waals surface area contributed by atoms with Crippen molar-refractivity contribution in [2.75, 3.05) is 26.2 Å². The monoisotopic (exact) mass is 504 g/mol. The van der Waals surface area contributed by atoms with E-state index in [-0.39, 0.29) is 5.69 Å². The van der Waals surface area contributed by atoms with Gasteiger partial charge in [0.05, 0.1) is 38.9 Å². The summed E-state index contributed by atoms with van der Waals surface area (Å²) in [6.07, 6.45) is 0. The van der Waals surface area contributed by atoms with Crippen LogP contribution in [0.25, 0.3) is 0 Å². The quantitative estimate of drug-likeness (QED) is 0.406. The van der Waals surface area contributed by atoms with Crippen LogP contribution in [0.5, 0.6) is 11.5 Å². The number of halogens is 1. The molecule has 0 spiro atoms. The minimum atomic E-state index is -1.67. The van der Waals surface area contributed by atoms with E-state index in [2.05, 4.69) is 5.32 Å². The number of hydrogen-bond acceptors (Lipinski definition) is 7. The van der Waals surface area contributed by atoms with Gasteiger partial charge in [-0.2, -0.15) is 0 Å². The van der Waals surface area contributed by atoms with Gasteiger partial charge in [0.1, 0.15) is 17.3 Å². The summed E-state index contributed by atoms with van der Waals surface area (Å²) in [5.41, 5.74) is -0.397. The average Bonchev–Trinajstić information content (AvgIpc) is 3.43. The minimum Gasteiger partial charge on any atom is -0.497 e. The Morgan fingerprint density at radius 3 is 2.24 bits per heavy atom. The first kappa shape index (κ1) is 24.5. The highest BCUT2D eigenvalue weighted by molar-refractivity contribution is 6.24. The Balaban J connectivity index is 1.74. The number of methoxy groups -OCH3 is 3. The van der Waals surface area contributed by atoms with Gasteiger partial charge in [-0.15, -0.1) is 0 Å². The van der Waals surface area contributed by atoms with Gasteiger partial charge in [-0.1, -0.05) is 36.4 Å². The summed E-state index contributed by atoms with van der Waals surface area (Å²) in [5.74, 6) is -3.47. The fraction of sp³-hybridized carbons (Fsp3) is 0.250. The molecule has 8 nitrogen and oxygen atoms in total. The predicted octanol–water partition coefficient (Wildman–Crippen LogP) is 3.36. The van der Waals surface area contributed by atoms with Gasteiger partial charge in [0.15, 0.2) is 5.54 Å². The number of nitrogens with one attached hydrogen (secondary N) is 1. The summed E-state index contributed by atoms with van der Waals surface area (Å²) in [7, 11) is 4.25. The van der Waals surface area contributed by atoms with E-state index >= 15 is 0 Å². The lowest BCUT2D eigenvalue weighted by Gasteiger charge is -2.33. The number of fused-ring (bicyclic) bond motifs is 1. The standard InChI is InChI=1S/C28H25FN2O6/c1-35-19-13-14-20(21(15-19)36-2)24-22-23(26(33)31(25(22)32)18-11-9-17(29)10-12-18)28(30-24,27(34)37-3)16-7-5-4-6-8-16/h4-15,22-24,30H,1-3H3/t22-,23-,24-,28-/m1/s1. The molecular formula is C28H25FN2O6. The molecule has 3 aromatic carbocycles. The van der Waals surface area contributed by atoms with E-state index in [0.717, 1.165) is 4.90 Å². The number of nitrogens with zero attached hydrogens (tertiary/aromatic N) is 1. The predicted molar refractivity (Wildman–Crippen MR) is 131 cm³/mol. The lowest BCUT2D eigenvalue weighted by atomic mass is 9.75. The van der Waals surface area contributed by atoms with Crippen molar-refractivity contribution in [3.63, 3.8) is 0 Å². The van der Waals surface area contributed by atoms with Crippen molar-refractivity contribution in [2.45, 2.75) is 11.6 Å². The Morgan fingerprint density at radius 2 is 1.62 bits per heavy atom. The molecule has 2 aliphatic heterocycles. The maximum atomic E-state index is 14.0. The van der Waals surface area contributed by atoms with E-state index < -0.39 is 47.0 Å². The van der Waals surface area contributed by atoms with Gasteiger partial charge >= 0.3 is 5.97 Å². The van der Waals surface area contributed by atoms with Crippen molar-refractivity contribution in [3.05, 3.63) is 89.7 Å². The molecule has 9 heteroatoms. The number of rotatable bonds is 6. The van der Waals surface area contributed by atoms with Crippen LogP contribution in [0.1, 0.15) is 17.2 Å². The SMILES string of the molecule is COC(=O)[C@]1(c2ccccc2)N[C@H](c2ccc(OC)cc2OC)[C@@H]2C(=O)N(c3ccc(F)cc3)C(=O)[C@@H]21.